The molecule has 5 nitrogen and oxygen atoms in total. The SMILES string of the molecule is O=C(N[C@@H]1C=CS(=O)(=O)C1)c1csc(Cc2ccccc2)n1. The monoisotopic (exact) mass is 334 g/mol. The lowest BCUT2D eigenvalue weighted by molar-refractivity contribution is 0.0943. The maximum Gasteiger partial charge on any atom is 0.271 e. The molecule has 0 saturated carbocycles. The molecular formula is C15H14N2O3S2. The van der Waals surface area contributed by atoms with Crippen LogP contribution >= 0.6 is 11.3 Å². The summed E-state index contributed by atoms with van der Waals surface area (Å²) in [6.45, 7) is 0. The van der Waals surface area contributed by atoms with Crippen molar-refractivity contribution in [3.8, 4) is 0 Å². The molecule has 0 bridgehead atoms. The van der Waals surface area contributed by atoms with Crippen molar-refractivity contribution < 1.29 is 13.2 Å². The summed E-state index contributed by atoms with van der Waals surface area (Å²) in [6, 6.07) is 9.42. The minimum absolute atomic E-state index is 0.0836. The van der Waals surface area contributed by atoms with E-state index in [-0.39, 0.29) is 11.7 Å². The van der Waals surface area contributed by atoms with Crippen LogP contribution in [0.3, 0.4) is 0 Å². The molecule has 0 saturated heterocycles. The first-order valence-electron chi connectivity index (χ1n) is 6.72. The average Bonchev–Trinajstić information content (AvgIpc) is 3.07. The first-order chi connectivity index (χ1) is 10.5. The summed E-state index contributed by atoms with van der Waals surface area (Å²) in [5.74, 6) is -0.429. The van der Waals surface area contributed by atoms with Crippen LogP contribution < -0.4 is 5.32 Å². The second kappa shape index (κ2) is 6.02. The summed E-state index contributed by atoms with van der Waals surface area (Å²) in [5.41, 5.74) is 1.46. The van der Waals surface area contributed by atoms with Gasteiger partial charge in [-0.2, -0.15) is 0 Å². The Morgan fingerprint density at radius 3 is 2.77 bits per heavy atom. The number of amides is 1. The number of thiazole rings is 1. The Morgan fingerprint density at radius 2 is 2.09 bits per heavy atom. The number of carbonyl (C=O) groups is 1. The van der Waals surface area contributed by atoms with Crippen molar-refractivity contribution in [2.24, 2.45) is 0 Å². The summed E-state index contributed by atoms with van der Waals surface area (Å²) in [6.07, 6.45) is 2.17. The van der Waals surface area contributed by atoms with E-state index < -0.39 is 15.9 Å². The Kier molecular flexibility index (Phi) is 4.08. The zero-order valence-corrected chi connectivity index (χ0v) is 13.2. The van der Waals surface area contributed by atoms with Crippen LogP contribution in [0.25, 0.3) is 0 Å². The van der Waals surface area contributed by atoms with E-state index in [4.69, 9.17) is 0 Å². The molecule has 0 radical (unpaired) electrons. The van der Waals surface area contributed by atoms with Crippen LogP contribution in [0.2, 0.25) is 0 Å². The largest absolute Gasteiger partial charge is 0.343 e. The molecule has 1 N–H and O–H groups in total. The highest BCUT2D eigenvalue weighted by atomic mass is 32.2. The van der Waals surface area contributed by atoms with Gasteiger partial charge in [0.15, 0.2) is 9.84 Å². The molecule has 22 heavy (non-hydrogen) atoms. The Labute approximate surface area is 132 Å². The van der Waals surface area contributed by atoms with E-state index in [0.29, 0.717) is 12.1 Å². The summed E-state index contributed by atoms with van der Waals surface area (Å²) in [5, 5.41) is 6.35. The van der Waals surface area contributed by atoms with Crippen LogP contribution in [0.4, 0.5) is 0 Å². The van der Waals surface area contributed by atoms with Gasteiger partial charge in [-0.3, -0.25) is 4.79 Å². The zero-order chi connectivity index (χ0) is 15.6. The fourth-order valence-corrected chi connectivity index (χ4v) is 4.22. The second-order valence-corrected chi connectivity index (χ2v) is 7.90. The highest BCUT2D eigenvalue weighted by molar-refractivity contribution is 7.94. The lowest BCUT2D eigenvalue weighted by Crippen LogP contribution is -2.35. The minimum atomic E-state index is -3.17. The molecule has 2 heterocycles. The third-order valence-corrected chi connectivity index (χ3v) is 5.47. The number of carbonyl (C=O) groups excluding carboxylic acids is 1. The van der Waals surface area contributed by atoms with Gasteiger partial charge < -0.3 is 5.32 Å². The molecule has 1 aromatic carbocycles. The smallest absolute Gasteiger partial charge is 0.271 e. The van der Waals surface area contributed by atoms with Crippen molar-refractivity contribution in [2.45, 2.75) is 12.5 Å². The van der Waals surface area contributed by atoms with Gasteiger partial charge in [-0.1, -0.05) is 30.3 Å². The fraction of sp³-hybridized carbons (Fsp3) is 0.200. The van der Waals surface area contributed by atoms with Gasteiger partial charge in [-0.15, -0.1) is 11.3 Å². The van der Waals surface area contributed by atoms with Gasteiger partial charge in [0.25, 0.3) is 5.91 Å². The molecule has 0 aliphatic carbocycles. The van der Waals surface area contributed by atoms with Crippen LogP contribution in [0.1, 0.15) is 21.1 Å². The molecule has 3 rings (SSSR count). The van der Waals surface area contributed by atoms with Gasteiger partial charge in [-0.25, -0.2) is 13.4 Å². The van der Waals surface area contributed by atoms with E-state index >= 15 is 0 Å². The van der Waals surface area contributed by atoms with Crippen LogP contribution in [-0.4, -0.2) is 31.1 Å². The van der Waals surface area contributed by atoms with Crippen molar-refractivity contribution in [2.75, 3.05) is 5.75 Å². The van der Waals surface area contributed by atoms with E-state index in [2.05, 4.69) is 10.3 Å². The van der Waals surface area contributed by atoms with Gasteiger partial charge >= 0.3 is 0 Å². The van der Waals surface area contributed by atoms with Crippen LogP contribution in [0.5, 0.6) is 0 Å². The van der Waals surface area contributed by atoms with E-state index in [1.807, 2.05) is 30.3 Å². The van der Waals surface area contributed by atoms with Crippen molar-refractivity contribution in [1.29, 1.82) is 0 Å². The number of nitrogens with one attached hydrogen (secondary N) is 1. The molecule has 1 amide bonds. The van der Waals surface area contributed by atoms with Gasteiger partial charge in [0.1, 0.15) is 5.69 Å². The molecule has 2 aromatic rings. The molecule has 114 valence electrons. The zero-order valence-electron chi connectivity index (χ0n) is 11.6. The Bertz CT molecular complexity index is 810. The predicted molar refractivity (Wildman–Crippen MR) is 85.5 cm³/mol. The molecule has 1 aliphatic heterocycles. The van der Waals surface area contributed by atoms with Gasteiger partial charge in [-0.05, 0) is 11.6 Å². The highest BCUT2D eigenvalue weighted by Gasteiger charge is 2.24. The Balaban J connectivity index is 1.64. The number of benzene rings is 1. The molecule has 0 fully saturated rings. The third kappa shape index (κ3) is 3.61. The maximum absolute atomic E-state index is 12.1. The molecule has 0 spiro atoms. The number of sulfone groups is 1. The van der Waals surface area contributed by atoms with Crippen molar-refractivity contribution in [3.63, 3.8) is 0 Å². The summed E-state index contributed by atoms with van der Waals surface area (Å²) < 4.78 is 22.6. The quantitative estimate of drug-likeness (QED) is 0.924. The van der Waals surface area contributed by atoms with E-state index in [1.54, 1.807) is 5.38 Å². The lowest BCUT2D eigenvalue weighted by Gasteiger charge is -2.07. The van der Waals surface area contributed by atoms with Gasteiger partial charge in [0, 0.05) is 17.2 Å². The van der Waals surface area contributed by atoms with E-state index in [0.717, 1.165) is 16.0 Å². The number of aromatic nitrogens is 1. The number of hydrogen-bond donors (Lipinski definition) is 1. The van der Waals surface area contributed by atoms with Gasteiger partial charge in [0.2, 0.25) is 0 Å². The third-order valence-electron chi connectivity index (χ3n) is 3.23. The summed E-state index contributed by atoms with van der Waals surface area (Å²) >= 11 is 1.42. The molecule has 1 aliphatic rings. The lowest BCUT2D eigenvalue weighted by atomic mass is 10.2. The standard InChI is InChI=1S/C15H14N2O3S2/c18-15(16-12-6-7-22(19,20)10-12)13-9-21-14(17-13)8-11-4-2-1-3-5-11/h1-7,9,12H,8,10H2,(H,16,18)/t12-/m1/s1. The normalized spacial score (nSPS) is 19.2. The Hall–Kier alpha value is -1.99. The predicted octanol–water partition coefficient (Wildman–Crippen LogP) is 1.77. The number of nitrogens with zero attached hydrogens (tertiary/aromatic N) is 1. The van der Waals surface area contributed by atoms with Crippen LogP contribution in [0, 0.1) is 0 Å². The highest BCUT2D eigenvalue weighted by Crippen LogP contribution is 2.15. The van der Waals surface area contributed by atoms with E-state index in [1.165, 1.54) is 17.4 Å². The first-order valence-corrected chi connectivity index (χ1v) is 9.31. The van der Waals surface area contributed by atoms with Gasteiger partial charge in [0.05, 0.1) is 16.8 Å². The number of rotatable bonds is 4. The van der Waals surface area contributed by atoms with Crippen LogP contribution in [-0.2, 0) is 16.3 Å². The molecule has 1 aromatic heterocycles. The summed E-state index contributed by atoms with van der Waals surface area (Å²) in [4.78, 5) is 16.4. The molecular weight excluding hydrogens is 320 g/mol. The first kappa shape index (κ1) is 14.9. The second-order valence-electron chi connectivity index (χ2n) is 5.03. The molecule has 1 atom stereocenters. The molecule has 0 unspecified atom stereocenters. The maximum atomic E-state index is 12.1. The minimum Gasteiger partial charge on any atom is -0.343 e. The van der Waals surface area contributed by atoms with Crippen molar-refractivity contribution >= 4 is 27.1 Å². The van der Waals surface area contributed by atoms with Crippen LogP contribution in [0.15, 0.2) is 47.2 Å². The summed E-state index contributed by atoms with van der Waals surface area (Å²) in [7, 11) is -3.17. The number of hydrogen-bond acceptors (Lipinski definition) is 5. The van der Waals surface area contributed by atoms with Crippen molar-refractivity contribution in [1.82, 2.24) is 10.3 Å². The fourth-order valence-electron chi connectivity index (χ4n) is 2.17. The topological polar surface area (TPSA) is 76.1 Å². The van der Waals surface area contributed by atoms with Crippen molar-refractivity contribution in [3.05, 3.63) is 63.5 Å². The Morgan fingerprint density at radius 1 is 1.32 bits per heavy atom. The molecule has 7 heteroatoms. The van der Waals surface area contributed by atoms with E-state index in [9.17, 15) is 13.2 Å². The average molecular weight is 334 g/mol.